The second-order valence-corrected chi connectivity index (χ2v) is 8.47. The molecule has 158 valence electrons. The lowest BCUT2D eigenvalue weighted by Gasteiger charge is -2.08. The van der Waals surface area contributed by atoms with Crippen molar-refractivity contribution in [1.29, 1.82) is 0 Å². The van der Waals surface area contributed by atoms with Gasteiger partial charge in [-0.05, 0) is 37.8 Å². The van der Waals surface area contributed by atoms with Gasteiger partial charge in [-0.2, -0.15) is 4.98 Å². The average Bonchev–Trinajstić information content (AvgIpc) is 3.31. The number of hydrogen-bond acceptors (Lipinski definition) is 7. The molecule has 1 aliphatic carbocycles. The van der Waals surface area contributed by atoms with Gasteiger partial charge in [0.25, 0.3) is 0 Å². The van der Waals surface area contributed by atoms with E-state index in [1.165, 1.54) is 6.07 Å². The van der Waals surface area contributed by atoms with Gasteiger partial charge in [-0.1, -0.05) is 29.1 Å². The zero-order valence-electron chi connectivity index (χ0n) is 16.7. The highest BCUT2D eigenvalue weighted by atomic mass is 32.2. The van der Waals surface area contributed by atoms with Gasteiger partial charge >= 0.3 is 0 Å². The van der Waals surface area contributed by atoms with Crippen LogP contribution in [0.15, 0.2) is 27.9 Å². The number of thioether (sulfide) groups is 1. The van der Waals surface area contributed by atoms with Crippen LogP contribution in [0.4, 0.5) is 4.39 Å². The monoisotopic (exact) mass is 430 g/mol. The molecule has 2 N–H and O–H groups in total. The van der Waals surface area contributed by atoms with Crippen LogP contribution in [0.3, 0.4) is 0 Å². The van der Waals surface area contributed by atoms with Crippen molar-refractivity contribution in [2.75, 3.05) is 5.75 Å². The Morgan fingerprint density at radius 3 is 2.93 bits per heavy atom. The summed E-state index contributed by atoms with van der Waals surface area (Å²) < 4.78 is 21.1. The van der Waals surface area contributed by atoms with E-state index < -0.39 is 0 Å². The van der Waals surface area contributed by atoms with Crippen molar-refractivity contribution in [3.8, 4) is 11.4 Å². The van der Waals surface area contributed by atoms with Crippen LogP contribution in [0.1, 0.15) is 48.9 Å². The van der Waals surface area contributed by atoms with E-state index >= 15 is 0 Å². The first kappa shape index (κ1) is 20.5. The molecule has 1 aromatic carbocycles. The normalized spacial score (nSPS) is 13.7. The topological polar surface area (TPSA) is 113 Å². The van der Waals surface area contributed by atoms with Gasteiger partial charge in [-0.3, -0.25) is 4.79 Å². The van der Waals surface area contributed by atoms with Gasteiger partial charge in [0, 0.05) is 36.6 Å². The number of halogens is 1. The quantitative estimate of drug-likeness (QED) is 0.388. The van der Waals surface area contributed by atoms with Crippen molar-refractivity contribution >= 4 is 17.7 Å². The molecule has 0 radical (unpaired) electrons. The highest BCUT2D eigenvalue weighted by molar-refractivity contribution is 7.99. The smallest absolute Gasteiger partial charge is 0.226 e. The Morgan fingerprint density at radius 2 is 2.20 bits per heavy atom. The maximum Gasteiger partial charge on any atom is 0.226 e. The second kappa shape index (κ2) is 8.95. The van der Waals surface area contributed by atoms with E-state index in [0.29, 0.717) is 41.7 Å². The van der Waals surface area contributed by atoms with Crippen LogP contribution in [-0.4, -0.2) is 36.6 Å². The third-order valence-electron chi connectivity index (χ3n) is 4.93. The summed E-state index contributed by atoms with van der Waals surface area (Å²) in [6.07, 6.45) is 3.92. The Balaban J connectivity index is 1.32. The largest absolute Gasteiger partial charge is 0.370 e. The molecule has 1 aliphatic rings. The summed E-state index contributed by atoms with van der Waals surface area (Å²) in [6, 6.07) is 4.89. The lowest BCUT2D eigenvalue weighted by Crippen LogP contribution is -2.15. The van der Waals surface area contributed by atoms with Crippen molar-refractivity contribution in [2.24, 2.45) is 5.73 Å². The number of carbonyl (C=O) groups excluding carboxylic acids is 1. The number of carbonyl (C=O) groups is 1. The molecule has 10 heteroatoms. The van der Waals surface area contributed by atoms with Gasteiger partial charge < -0.3 is 14.8 Å². The molecular weight excluding hydrogens is 407 g/mol. The number of nitrogens with zero attached hydrogens (tertiary/aromatic N) is 5. The second-order valence-electron chi connectivity index (χ2n) is 7.41. The first-order valence-corrected chi connectivity index (χ1v) is 10.9. The van der Waals surface area contributed by atoms with E-state index in [4.69, 9.17) is 10.3 Å². The van der Waals surface area contributed by atoms with E-state index in [0.717, 1.165) is 36.0 Å². The molecule has 1 amide bonds. The Labute approximate surface area is 177 Å². The van der Waals surface area contributed by atoms with E-state index in [-0.39, 0.29) is 18.1 Å². The van der Waals surface area contributed by atoms with Crippen LogP contribution >= 0.6 is 11.8 Å². The minimum absolute atomic E-state index is 0.273. The van der Waals surface area contributed by atoms with Crippen LogP contribution < -0.4 is 5.73 Å². The maximum absolute atomic E-state index is 13.7. The zero-order chi connectivity index (χ0) is 21.1. The van der Waals surface area contributed by atoms with Crippen LogP contribution in [0.2, 0.25) is 0 Å². The Kier molecular flexibility index (Phi) is 6.12. The number of nitrogens with two attached hydrogens (primary N) is 1. The number of benzene rings is 1. The lowest BCUT2D eigenvalue weighted by molar-refractivity contribution is -0.118. The number of aryl methyl sites for hydroxylation is 2. The van der Waals surface area contributed by atoms with Crippen molar-refractivity contribution in [3.63, 3.8) is 0 Å². The molecule has 4 rings (SSSR count). The predicted octanol–water partition coefficient (Wildman–Crippen LogP) is 3.25. The van der Waals surface area contributed by atoms with Gasteiger partial charge in [0.05, 0.1) is 0 Å². The summed E-state index contributed by atoms with van der Waals surface area (Å²) in [5, 5.41) is 13.4. The molecule has 1 saturated carbocycles. The van der Waals surface area contributed by atoms with Crippen molar-refractivity contribution in [1.82, 2.24) is 24.9 Å². The highest BCUT2D eigenvalue weighted by Gasteiger charge is 2.30. The molecule has 1 fully saturated rings. The van der Waals surface area contributed by atoms with E-state index in [1.807, 2.05) is 4.57 Å². The molecule has 30 heavy (non-hydrogen) atoms. The van der Waals surface area contributed by atoms with E-state index in [2.05, 4.69) is 20.3 Å². The summed E-state index contributed by atoms with van der Waals surface area (Å²) in [5.41, 5.74) is 6.47. The first-order chi connectivity index (χ1) is 14.5. The standard InChI is InChI=1S/C20H23FN6O2S/c1-12-4-5-14(11-15(12)21)18-23-17(29-26-18)3-2-10-30-20-25-24-19(13-6-7-13)27(20)9-8-16(22)28/h4-5,11,13H,2-3,6-10H2,1H3,(H2,22,28). The van der Waals surface area contributed by atoms with Crippen molar-refractivity contribution in [2.45, 2.75) is 56.6 Å². The minimum Gasteiger partial charge on any atom is -0.370 e. The molecule has 0 aliphatic heterocycles. The summed E-state index contributed by atoms with van der Waals surface area (Å²) in [5.74, 6) is 2.46. The van der Waals surface area contributed by atoms with Gasteiger partial charge in [-0.25, -0.2) is 4.39 Å². The molecule has 2 aromatic heterocycles. The fraction of sp³-hybridized carbons (Fsp3) is 0.450. The predicted molar refractivity (Wildman–Crippen MR) is 109 cm³/mol. The van der Waals surface area contributed by atoms with Crippen LogP contribution in [0.5, 0.6) is 0 Å². The molecular formula is C20H23FN6O2S. The Hall–Kier alpha value is -2.75. The highest BCUT2D eigenvalue weighted by Crippen LogP contribution is 2.40. The molecule has 0 bridgehead atoms. The summed E-state index contributed by atoms with van der Waals surface area (Å²) >= 11 is 1.59. The molecule has 0 unspecified atom stereocenters. The Bertz CT molecular complexity index is 1050. The van der Waals surface area contributed by atoms with Crippen LogP contribution in [-0.2, 0) is 17.8 Å². The molecule has 2 heterocycles. The van der Waals surface area contributed by atoms with E-state index in [1.54, 1.807) is 30.8 Å². The SMILES string of the molecule is Cc1ccc(-c2noc(CCCSc3nnc(C4CC4)n3CCC(N)=O)n2)cc1F. The van der Waals surface area contributed by atoms with Crippen molar-refractivity contribution in [3.05, 3.63) is 41.3 Å². The molecule has 3 aromatic rings. The number of hydrogen-bond donors (Lipinski definition) is 1. The minimum atomic E-state index is -0.331. The summed E-state index contributed by atoms with van der Waals surface area (Å²) in [7, 11) is 0. The third kappa shape index (κ3) is 4.86. The van der Waals surface area contributed by atoms with Crippen LogP contribution in [0.25, 0.3) is 11.4 Å². The average molecular weight is 431 g/mol. The fourth-order valence-electron chi connectivity index (χ4n) is 3.07. The molecule has 0 saturated heterocycles. The molecule has 8 nitrogen and oxygen atoms in total. The summed E-state index contributed by atoms with van der Waals surface area (Å²) in [4.78, 5) is 15.5. The summed E-state index contributed by atoms with van der Waals surface area (Å²) in [6.45, 7) is 2.22. The third-order valence-corrected chi connectivity index (χ3v) is 5.99. The fourth-order valence-corrected chi connectivity index (χ4v) is 3.99. The van der Waals surface area contributed by atoms with Gasteiger partial charge in [-0.15, -0.1) is 10.2 Å². The van der Waals surface area contributed by atoms with Crippen molar-refractivity contribution < 1.29 is 13.7 Å². The van der Waals surface area contributed by atoms with Gasteiger partial charge in [0.15, 0.2) is 5.16 Å². The molecule has 0 atom stereocenters. The Morgan fingerprint density at radius 1 is 1.37 bits per heavy atom. The number of primary amides is 1. The van der Waals surface area contributed by atoms with Crippen LogP contribution in [0, 0.1) is 12.7 Å². The maximum atomic E-state index is 13.7. The lowest BCUT2D eigenvalue weighted by atomic mass is 10.1. The zero-order valence-corrected chi connectivity index (χ0v) is 17.5. The molecule has 0 spiro atoms. The first-order valence-electron chi connectivity index (χ1n) is 9.94. The van der Waals surface area contributed by atoms with Gasteiger partial charge in [0.1, 0.15) is 11.6 Å². The van der Waals surface area contributed by atoms with Gasteiger partial charge in [0.2, 0.25) is 17.6 Å². The number of aromatic nitrogens is 5. The number of rotatable bonds is 10. The number of amides is 1. The van der Waals surface area contributed by atoms with E-state index in [9.17, 15) is 9.18 Å².